The summed E-state index contributed by atoms with van der Waals surface area (Å²) in [7, 11) is 1.84. The van der Waals surface area contributed by atoms with Crippen LogP contribution in [0.4, 0.5) is 0 Å². The minimum atomic E-state index is -2.87. The third-order valence-corrected chi connectivity index (χ3v) is 5.23. The second kappa shape index (κ2) is 7.17. The molecule has 1 aromatic rings. The number of sulfone groups is 1. The van der Waals surface area contributed by atoms with Gasteiger partial charge in [0.1, 0.15) is 0 Å². The number of nitrogens with one attached hydrogen (secondary N) is 1. The fourth-order valence-corrected chi connectivity index (χ4v) is 3.57. The van der Waals surface area contributed by atoms with Gasteiger partial charge in [-0.2, -0.15) is 0 Å². The van der Waals surface area contributed by atoms with Crippen molar-refractivity contribution >= 4 is 9.84 Å². The smallest absolute Gasteiger partial charge is 0.203 e. The standard InChI is InChI=1S/C14H22N2O5S/c1-19-12-5-4-11(13(20-2)14(12)21-3)10-15-16-6-8-22(17,18)9-7-16/h4-5,15H,6-10H2,1-3H3. The van der Waals surface area contributed by atoms with Crippen molar-refractivity contribution in [3.8, 4) is 17.2 Å². The van der Waals surface area contributed by atoms with E-state index in [1.54, 1.807) is 21.3 Å². The number of rotatable bonds is 6. The van der Waals surface area contributed by atoms with Gasteiger partial charge in [0.2, 0.25) is 5.75 Å². The molecule has 1 N–H and O–H groups in total. The molecule has 0 spiro atoms. The van der Waals surface area contributed by atoms with E-state index in [0.717, 1.165) is 5.56 Å². The molecule has 8 heteroatoms. The molecule has 124 valence electrons. The highest BCUT2D eigenvalue weighted by Crippen LogP contribution is 2.39. The summed E-state index contributed by atoms with van der Waals surface area (Å²) in [6.45, 7) is 1.49. The maximum atomic E-state index is 11.4. The lowest BCUT2D eigenvalue weighted by Crippen LogP contribution is -2.47. The maximum absolute atomic E-state index is 11.4. The molecular weight excluding hydrogens is 308 g/mol. The van der Waals surface area contributed by atoms with Crippen molar-refractivity contribution in [2.24, 2.45) is 0 Å². The number of hydrazine groups is 1. The molecule has 1 heterocycles. The van der Waals surface area contributed by atoms with Crippen LogP contribution in [0.15, 0.2) is 12.1 Å². The number of nitrogens with zero attached hydrogens (tertiary/aromatic N) is 1. The van der Waals surface area contributed by atoms with Crippen molar-refractivity contribution in [1.82, 2.24) is 10.4 Å². The van der Waals surface area contributed by atoms with E-state index in [2.05, 4.69) is 5.43 Å². The summed E-state index contributed by atoms with van der Waals surface area (Å²) in [6.07, 6.45) is 0. The fourth-order valence-electron chi connectivity index (χ4n) is 2.37. The van der Waals surface area contributed by atoms with E-state index in [1.165, 1.54) is 0 Å². The molecule has 1 aliphatic rings. The zero-order valence-corrected chi connectivity index (χ0v) is 13.9. The van der Waals surface area contributed by atoms with Crippen LogP contribution in [0.2, 0.25) is 0 Å². The summed E-state index contributed by atoms with van der Waals surface area (Å²) in [4.78, 5) is 0. The fraction of sp³-hybridized carbons (Fsp3) is 0.571. The highest BCUT2D eigenvalue weighted by Gasteiger charge is 2.22. The van der Waals surface area contributed by atoms with Crippen LogP contribution >= 0.6 is 0 Å². The number of hydrogen-bond donors (Lipinski definition) is 1. The Bertz CT molecular complexity index is 604. The van der Waals surface area contributed by atoms with Gasteiger partial charge in [0.05, 0.1) is 32.8 Å². The minimum absolute atomic E-state index is 0.184. The molecule has 0 saturated carbocycles. The first-order valence-corrected chi connectivity index (χ1v) is 8.79. The molecule has 1 saturated heterocycles. The maximum Gasteiger partial charge on any atom is 0.203 e. The highest BCUT2D eigenvalue weighted by atomic mass is 32.2. The molecule has 0 aromatic heterocycles. The second-order valence-corrected chi connectivity index (χ2v) is 7.27. The predicted octanol–water partition coefficient (Wildman–Crippen LogP) is 0.447. The Balaban J connectivity index is 2.07. The van der Waals surface area contributed by atoms with Gasteiger partial charge < -0.3 is 14.2 Å². The summed E-state index contributed by atoms with van der Waals surface area (Å²) < 4.78 is 38.9. The summed E-state index contributed by atoms with van der Waals surface area (Å²) >= 11 is 0. The summed E-state index contributed by atoms with van der Waals surface area (Å²) in [5.41, 5.74) is 4.14. The van der Waals surface area contributed by atoms with Crippen molar-refractivity contribution in [3.05, 3.63) is 17.7 Å². The van der Waals surface area contributed by atoms with E-state index < -0.39 is 9.84 Å². The number of methoxy groups -OCH3 is 3. The van der Waals surface area contributed by atoms with Gasteiger partial charge in [-0.1, -0.05) is 6.07 Å². The van der Waals surface area contributed by atoms with E-state index in [4.69, 9.17) is 14.2 Å². The molecule has 2 rings (SSSR count). The molecule has 0 bridgehead atoms. The zero-order valence-electron chi connectivity index (χ0n) is 13.1. The van der Waals surface area contributed by atoms with Crippen LogP contribution in [0.5, 0.6) is 17.2 Å². The Morgan fingerprint density at radius 1 is 1.05 bits per heavy atom. The molecule has 1 fully saturated rings. The van der Waals surface area contributed by atoms with Gasteiger partial charge in [-0.05, 0) is 6.07 Å². The number of ether oxygens (including phenoxy) is 3. The van der Waals surface area contributed by atoms with E-state index in [0.29, 0.717) is 36.9 Å². The van der Waals surface area contributed by atoms with Crippen molar-refractivity contribution in [3.63, 3.8) is 0 Å². The van der Waals surface area contributed by atoms with Crippen LogP contribution in [0.1, 0.15) is 5.56 Å². The van der Waals surface area contributed by atoms with Crippen molar-refractivity contribution in [2.75, 3.05) is 45.9 Å². The quantitative estimate of drug-likeness (QED) is 0.811. The molecule has 1 aliphatic heterocycles. The third-order valence-electron chi connectivity index (χ3n) is 3.62. The Labute approximate surface area is 131 Å². The largest absolute Gasteiger partial charge is 0.493 e. The van der Waals surface area contributed by atoms with Crippen LogP contribution in [-0.2, 0) is 16.4 Å². The molecule has 22 heavy (non-hydrogen) atoms. The number of hydrogen-bond acceptors (Lipinski definition) is 7. The van der Waals surface area contributed by atoms with Crippen LogP contribution in [0.3, 0.4) is 0 Å². The Hall–Kier alpha value is -1.51. The lowest BCUT2D eigenvalue weighted by molar-refractivity contribution is 0.198. The highest BCUT2D eigenvalue weighted by molar-refractivity contribution is 7.91. The van der Waals surface area contributed by atoms with Gasteiger partial charge >= 0.3 is 0 Å². The average molecular weight is 330 g/mol. The topological polar surface area (TPSA) is 77.1 Å². The summed E-state index contributed by atoms with van der Waals surface area (Å²) in [5, 5.41) is 1.91. The average Bonchev–Trinajstić information content (AvgIpc) is 2.52. The molecule has 0 aliphatic carbocycles. The predicted molar refractivity (Wildman–Crippen MR) is 83.2 cm³/mol. The monoisotopic (exact) mass is 330 g/mol. The summed E-state index contributed by atoms with van der Waals surface area (Å²) in [5.74, 6) is 2.13. The van der Waals surface area contributed by atoms with Gasteiger partial charge in [-0.25, -0.2) is 13.4 Å². The van der Waals surface area contributed by atoms with E-state index in [-0.39, 0.29) is 11.5 Å². The Morgan fingerprint density at radius 2 is 1.68 bits per heavy atom. The first-order chi connectivity index (χ1) is 10.5. The molecular formula is C14H22N2O5S. The van der Waals surface area contributed by atoms with E-state index >= 15 is 0 Å². The van der Waals surface area contributed by atoms with Crippen LogP contribution in [-0.4, -0.2) is 59.4 Å². The van der Waals surface area contributed by atoms with Crippen molar-refractivity contribution in [1.29, 1.82) is 0 Å². The lowest BCUT2D eigenvalue weighted by Gasteiger charge is -2.27. The second-order valence-electron chi connectivity index (χ2n) is 4.97. The van der Waals surface area contributed by atoms with Gasteiger partial charge in [-0.3, -0.25) is 5.43 Å². The third kappa shape index (κ3) is 3.82. The molecule has 0 unspecified atom stereocenters. The number of benzene rings is 1. The van der Waals surface area contributed by atoms with Crippen molar-refractivity contribution < 1.29 is 22.6 Å². The molecule has 0 radical (unpaired) electrons. The van der Waals surface area contributed by atoms with Crippen LogP contribution in [0.25, 0.3) is 0 Å². The first kappa shape index (κ1) is 16.9. The Morgan fingerprint density at radius 3 is 2.23 bits per heavy atom. The van der Waals surface area contributed by atoms with Crippen molar-refractivity contribution in [2.45, 2.75) is 6.54 Å². The van der Waals surface area contributed by atoms with Gasteiger partial charge in [0.15, 0.2) is 21.3 Å². The zero-order chi connectivity index (χ0) is 16.2. The van der Waals surface area contributed by atoms with Crippen LogP contribution in [0, 0.1) is 0 Å². The summed E-state index contributed by atoms with van der Waals surface area (Å²) in [6, 6.07) is 3.72. The van der Waals surface area contributed by atoms with Gasteiger partial charge in [0, 0.05) is 25.2 Å². The van der Waals surface area contributed by atoms with E-state index in [1.807, 2.05) is 17.1 Å². The van der Waals surface area contributed by atoms with Crippen LogP contribution < -0.4 is 19.6 Å². The molecule has 7 nitrogen and oxygen atoms in total. The van der Waals surface area contributed by atoms with Gasteiger partial charge in [-0.15, -0.1) is 0 Å². The normalized spacial score (nSPS) is 18.0. The first-order valence-electron chi connectivity index (χ1n) is 6.97. The minimum Gasteiger partial charge on any atom is -0.493 e. The SMILES string of the molecule is COc1ccc(CNN2CCS(=O)(=O)CC2)c(OC)c1OC. The molecule has 0 amide bonds. The van der Waals surface area contributed by atoms with E-state index in [9.17, 15) is 8.42 Å². The van der Waals surface area contributed by atoms with Gasteiger partial charge in [0.25, 0.3) is 0 Å². The molecule has 0 atom stereocenters. The molecule has 1 aromatic carbocycles. The lowest BCUT2D eigenvalue weighted by atomic mass is 10.1. The Kier molecular flexibility index (Phi) is 5.49.